The van der Waals surface area contributed by atoms with Crippen molar-refractivity contribution in [3.63, 3.8) is 0 Å². The van der Waals surface area contributed by atoms with Crippen molar-refractivity contribution in [2.24, 2.45) is 5.41 Å². The van der Waals surface area contributed by atoms with Crippen LogP contribution >= 0.6 is 0 Å². The molecule has 0 saturated heterocycles. The van der Waals surface area contributed by atoms with Gasteiger partial charge in [-0.2, -0.15) is 8.78 Å². The van der Waals surface area contributed by atoms with Gasteiger partial charge >= 0.3 is 60.2 Å². The number of nitrogens with zero attached hydrogens (tertiary/aromatic N) is 2. The van der Waals surface area contributed by atoms with Crippen molar-refractivity contribution in [3.05, 3.63) is 29.1 Å². The summed E-state index contributed by atoms with van der Waals surface area (Å²) in [4.78, 5) is 134. The zero-order chi connectivity index (χ0) is 78.0. The standard InChI is InChI=1S/C14H26N2O5.C12H22N2O5.C11H22N2O4.C9H5F5O2.C9H18N2O4.C5H12.C3H6O2/c1-6-11(17)16(10-12(18)20-7-2)9-8-15-13(19)21-14(3,4)5;1-5-9(15)14(8-10(16)17)7-6-13-11(18)19-12(2,3)4;1-5-16-9(14)8-12-6-7-13-10(15)17-11(2,3)4;1-2-3(15)16-9-7(13)5(11)4(10)6(12)8(9)14;1-9(2,3)15-8(14)11-5-4-10-6-7(12)13;1-5(2,3)4;1-2-3(4)5/h6-10H2,1-5H3,(H,15,19);5-8H2,1-4H3,(H,13,18)(H,16,17);12H,5-8H2,1-4H3,(H,13,15);2H2,1H3;10H,4-6H2,1-3H3,(H,11,14)(H,12,13);1-4H3;2H2,1H3,(H,4,5). The van der Waals surface area contributed by atoms with Crippen LogP contribution in [-0.4, -0.2) is 211 Å². The number of benzene rings is 1. The average Bonchev–Trinajstić information content (AvgIpc) is 0.799. The molecule has 0 unspecified atom stereocenters. The lowest BCUT2D eigenvalue weighted by atomic mass is 10.0. The number of amides is 6. The topological polar surface area (TPSA) is 409 Å². The number of carboxylic acids is 3. The number of carbonyl (C=O) groups is 12. The maximum absolute atomic E-state index is 12.9. The van der Waals surface area contributed by atoms with Crippen molar-refractivity contribution in [2.75, 3.05) is 91.8 Å². The van der Waals surface area contributed by atoms with Gasteiger partial charge in [0.2, 0.25) is 46.6 Å². The Bertz CT molecular complexity index is 2550. The van der Waals surface area contributed by atoms with Crippen LogP contribution in [0, 0.1) is 34.5 Å². The second-order valence-corrected chi connectivity index (χ2v) is 25.3. The van der Waals surface area contributed by atoms with E-state index in [9.17, 15) is 79.5 Å². The first kappa shape index (κ1) is 101. The van der Waals surface area contributed by atoms with E-state index >= 15 is 0 Å². The molecule has 0 heterocycles. The average molecular weight is 1430 g/mol. The summed E-state index contributed by atoms with van der Waals surface area (Å²) in [6, 6.07) is 0. The number of halogens is 5. The lowest BCUT2D eigenvalue weighted by molar-refractivity contribution is -0.148. The van der Waals surface area contributed by atoms with Crippen molar-refractivity contribution in [2.45, 2.75) is 200 Å². The van der Waals surface area contributed by atoms with E-state index < -0.39 is 111 Å². The van der Waals surface area contributed by atoms with Gasteiger partial charge in [-0.15, -0.1) is 0 Å². The maximum atomic E-state index is 12.9. The van der Waals surface area contributed by atoms with Gasteiger partial charge in [-0.05, 0) is 102 Å². The summed E-state index contributed by atoms with van der Waals surface area (Å²) >= 11 is 0. The molecule has 0 fully saturated rings. The Hall–Kier alpha value is -8.37. The summed E-state index contributed by atoms with van der Waals surface area (Å²) in [7, 11) is 0. The van der Waals surface area contributed by atoms with Crippen LogP contribution in [-0.2, 0) is 66.8 Å². The third kappa shape index (κ3) is 69.0. The number of hydrogen-bond acceptors (Lipinski definition) is 21. The van der Waals surface area contributed by atoms with Crippen LogP contribution in [0.5, 0.6) is 5.75 Å². The van der Waals surface area contributed by atoms with E-state index in [1.807, 2.05) is 0 Å². The summed E-state index contributed by atoms with van der Waals surface area (Å²) < 4.78 is 97.2. The number of ether oxygens (including phenoxy) is 7. The van der Waals surface area contributed by atoms with Gasteiger partial charge in [0.1, 0.15) is 35.5 Å². The SMILES string of the molecule is CC(C)(C)C.CC(C)(C)OC(=O)NCCNCC(=O)O.CCC(=O)N(CCNC(=O)OC(C)(C)C)CC(=O)O.CCC(=O)O.CCC(=O)Oc1c(F)c(F)c(F)c(F)c1F.CCOC(=O)CN(CCNC(=O)OC(C)(C)C)C(=O)CC.CCOC(=O)CNCCNC(=O)OC(C)(C)C. The lowest BCUT2D eigenvalue weighted by Gasteiger charge is -2.23. The quantitative estimate of drug-likeness (QED) is 0.00761. The van der Waals surface area contributed by atoms with Crippen molar-refractivity contribution < 1.29 is 128 Å². The van der Waals surface area contributed by atoms with E-state index in [4.69, 9.17) is 43.7 Å². The number of esters is 3. The lowest BCUT2D eigenvalue weighted by Crippen LogP contribution is -2.42. The van der Waals surface area contributed by atoms with Crippen LogP contribution < -0.4 is 36.6 Å². The zero-order valence-corrected chi connectivity index (χ0v) is 61.1. The molecule has 35 heteroatoms. The molecule has 0 aliphatic heterocycles. The van der Waals surface area contributed by atoms with Crippen LogP contribution in [0.25, 0.3) is 0 Å². The predicted octanol–water partition coefficient (Wildman–Crippen LogP) is 8.23. The predicted molar refractivity (Wildman–Crippen MR) is 350 cm³/mol. The first-order valence-electron chi connectivity index (χ1n) is 31.2. The van der Waals surface area contributed by atoms with Crippen molar-refractivity contribution >= 4 is 72.0 Å². The molecular weight excluding hydrogens is 1320 g/mol. The van der Waals surface area contributed by atoms with E-state index in [1.54, 1.807) is 118 Å². The van der Waals surface area contributed by atoms with Gasteiger partial charge in [0.15, 0.2) is 0 Å². The molecule has 6 amide bonds. The number of rotatable bonds is 27. The number of carboxylic acid groups (broad SMARTS) is 3. The molecule has 0 aromatic heterocycles. The molecule has 30 nitrogen and oxygen atoms in total. The number of alkyl carbamates (subject to hydrolysis) is 4. The number of aliphatic carboxylic acids is 3. The Kier molecular flexibility index (Phi) is 55.1. The van der Waals surface area contributed by atoms with Crippen molar-refractivity contribution in [3.8, 4) is 5.75 Å². The maximum Gasteiger partial charge on any atom is 0.407 e. The van der Waals surface area contributed by atoms with Crippen molar-refractivity contribution in [1.29, 1.82) is 0 Å². The third-order valence-electron chi connectivity index (χ3n) is 9.13. The van der Waals surface area contributed by atoms with Crippen LogP contribution in [0.3, 0.4) is 0 Å². The highest BCUT2D eigenvalue weighted by atomic mass is 19.2. The Balaban J connectivity index is -0.000000261. The number of hydrogen-bond donors (Lipinski definition) is 9. The largest absolute Gasteiger partial charge is 0.481 e. The molecule has 9 N–H and O–H groups in total. The molecule has 0 spiro atoms. The minimum Gasteiger partial charge on any atom is -0.481 e. The Morgan fingerprint density at radius 2 is 0.663 bits per heavy atom. The van der Waals surface area contributed by atoms with E-state index in [0.29, 0.717) is 38.2 Å². The molecule has 0 aliphatic rings. The summed E-state index contributed by atoms with van der Waals surface area (Å²) in [6.45, 7) is 42.2. The summed E-state index contributed by atoms with van der Waals surface area (Å²) in [5.41, 5.74) is -1.68. The second-order valence-electron chi connectivity index (χ2n) is 25.3. The molecule has 0 aliphatic carbocycles. The van der Waals surface area contributed by atoms with Gasteiger partial charge in [-0.25, -0.2) is 32.3 Å². The van der Waals surface area contributed by atoms with Crippen LogP contribution in [0.15, 0.2) is 0 Å². The minimum atomic E-state index is -2.30. The van der Waals surface area contributed by atoms with Crippen LogP contribution in [0.4, 0.5) is 41.1 Å². The van der Waals surface area contributed by atoms with E-state index in [0.717, 1.165) is 0 Å². The number of nitrogens with one attached hydrogen (secondary N) is 6. The Morgan fingerprint density at radius 1 is 0.367 bits per heavy atom. The highest BCUT2D eigenvalue weighted by Gasteiger charge is 2.29. The normalized spacial score (nSPS) is 10.6. The monoisotopic (exact) mass is 1430 g/mol. The minimum absolute atomic E-state index is 0.115. The van der Waals surface area contributed by atoms with Gasteiger partial charge < -0.3 is 90.2 Å². The fraction of sp³-hybridized carbons (Fsp3) is 0.714. The zero-order valence-electron chi connectivity index (χ0n) is 61.1. The molecule has 1 aromatic carbocycles. The van der Waals surface area contributed by atoms with Gasteiger partial charge in [0, 0.05) is 78.0 Å². The van der Waals surface area contributed by atoms with Gasteiger partial charge in [-0.3, -0.25) is 38.4 Å². The fourth-order valence-electron chi connectivity index (χ4n) is 5.36. The molecule has 98 heavy (non-hydrogen) atoms. The summed E-state index contributed by atoms with van der Waals surface area (Å²) in [5, 5.41) is 40.3. The molecule has 1 aromatic rings. The van der Waals surface area contributed by atoms with Crippen LogP contribution in [0.2, 0.25) is 0 Å². The third-order valence-corrected chi connectivity index (χ3v) is 9.13. The molecule has 0 radical (unpaired) electrons. The summed E-state index contributed by atoms with van der Waals surface area (Å²) in [6.07, 6.45) is -1.64. The second kappa shape index (κ2) is 53.7. The van der Waals surface area contributed by atoms with Gasteiger partial charge in [-0.1, -0.05) is 55.4 Å². The molecule has 0 bridgehead atoms. The first-order valence-corrected chi connectivity index (χ1v) is 31.2. The highest BCUT2D eigenvalue weighted by molar-refractivity contribution is 5.82. The Labute approximate surface area is 572 Å². The van der Waals surface area contributed by atoms with E-state index in [2.05, 4.69) is 64.3 Å². The van der Waals surface area contributed by atoms with Gasteiger partial charge in [0.05, 0.1) is 26.3 Å². The van der Waals surface area contributed by atoms with E-state index in [1.165, 1.54) is 16.7 Å². The van der Waals surface area contributed by atoms with Crippen LogP contribution in [0.1, 0.15) is 178 Å². The molecule has 0 saturated carbocycles. The molecule has 1 rings (SSSR count). The number of carbonyl (C=O) groups excluding carboxylic acids is 9. The Morgan fingerprint density at radius 3 is 0.939 bits per heavy atom. The fourth-order valence-corrected chi connectivity index (χ4v) is 5.36. The van der Waals surface area contributed by atoms with E-state index in [-0.39, 0.29) is 102 Å². The smallest absolute Gasteiger partial charge is 0.407 e. The molecule has 0 atom stereocenters. The molecule has 570 valence electrons. The summed E-state index contributed by atoms with van der Waals surface area (Å²) in [5.74, 6) is -17.6. The highest BCUT2D eigenvalue weighted by Crippen LogP contribution is 2.29. The first-order chi connectivity index (χ1) is 44.7. The van der Waals surface area contributed by atoms with Crippen molar-refractivity contribution in [1.82, 2.24) is 41.7 Å². The van der Waals surface area contributed by atoms with Gasteiger partial charge in [0.25, 0.3) is 0 Å². The molecular formula is C63H111F5N8O22.